The number of carbonyl (C=O) groups is 2. The molecule has 4 rings (SSSR count). The van der Waals surface area contributed by atoms with Gasteiger partial charge in [0.25, 0.3) is 11.8 Å². The summed E-state index contributed by atoms with van der Waals surface area (Å²) in [5.41, 5.74) is 2.53. The average molecular weight is 449 g/mol. The Hall–Kier alpha value is -3.77. The van der Waals surface area contributed by atoms with E-state index in [1.165, 1.54) is 4.90 Å². The zero-order chi connectivity index (χ0) is 22.7. The summed E-state index contributed by atoms with van der Waals surface area (Å²) in [6.45, 7) is 0.137. The molecule has 7 heteroatoms. The van der Waals surface area contributed by atoms with E-state index in [0.29, 0.717) is 33.3 Å². The molecule has 162 valence electrons. The van der Waals surface area contributed by atoms with Crippen LogP contribution in [0.3, 0.4) is 0 Å². The van der Waals surface area contributed by atoms with Crippen LogP contribution >= 0.6 is 11.6 Å². The van der Waals surface area contributed by atoms with Gasteiger partial charge in [-0.05, 0) is 23.3 Å². The Bertz CT molecular complexity index is 1170. The van der Waals surface area contributed by atoms with Gasteiger partial charge < -0.3 is 14.8 Å². The van der Waals surface area contributed by atoms with E-state index in [1.54, 1.807) is 68.8 Å². The summed E-state index contributed by atoms with van der Waals surface area (Å²) in [5, 5.41) is 3.72. The summed E-state index contributed by atoms with van der Waals surface area (Å²) in [6, 6.07) is 21.4. The van der Waals surface area contributed by atoms with E-state index in [2.05, 4.69) is 5.32 Å². The fourth-order valence-corrected chi connectivity index (χ4v) is 3.63. The molecular formula is C25H21ClN2O4. The van der Waals surface area contributed by atoms with Gasteiger partial charge in [-0.1, -0.05) is 54.1 Å². The van der Waals surface area contributed by atoms with Crippen LogP contribution in [0.5, 0.6) is 11.5 Å². The minimum Gasteiger partial charge on any atom is -0.497 e. The number of nitrogens with one attached hydrogen (secondary N) is 1. The van der Waals surface area contributed by atoms with Crippen molar-refractivity contribution in [1.29, 1.82) is 0 Å². The van der Waals surface area contributed by atoms with Crippen LogP contribution in [0.15, 0.2) is 78.5 Å². The van der Waals surface area contributed by atoms with Gasteiger partial charge in [0.2, 0.25) is 0 Å². The SMILES string of the molecule is COc1cc(NC2=C(c3ccccc3)C(=O)N(Cc3ccc(Cl)cc3)C2=O)cc(OC)c1. The second-order valence-corrected chi connectivity index (χ2v) is 7.60. The van der Waals surface area contributed by atoms with E-state index in [9.17, 15) is 9.59 Å². The highest BCUT2D eigenvalue weighted by molar-refractivity contribution is 6.36. The van der Waals surface area contributed by atoms with Crippen LogP contribution in [0.4, 0.5) is 5.69 Å². The fraction of sp³-hybridized carbons (Fsp3) is 0.120. The number of carbonyl (C=O) groups excluding carboxylic acids is 2. The number of hydrogen-bond donors (Lipinski definition) is 1. The molecule has 0 saturated carbocycles. The zero-order valence-corrected chi connectivity index (χ0v) is 18.3. The predicted molar refractivity (Wildman–Crippen MR) is 124 cm³/mol. The lowest BCUT2D eigenvalue weighted by atomic mass is 10.0. The smallest absolute Gasteiger partial charge is 0.278 e. The molecule has 3 aromatic rings. The monoisotopic (exact) mass is 448 g/mol. The minimum absolute atomic E-state index is 0.137. The van der Waals surface area contributed by atoms with Gasteiger partial charge in [-0.2, -0.15) is 0 Å². The molecular weight excluding hydrogens is 428 g/mol. The van der Waals surface area contributed by atoms with Crippen molar-refractivity contribution in [2.75, 3.05) is 19.5 Å². The van der Waals surface area contributed by atoms with Gasteiger partial charge in [-0.15, -0.1) is 0 Å². The van der Waals surface area contributed by atoms with Crippen LogP contribution in [0, 0.1) is 0 Å². The molecule has 0 saturated heterocycles. The van der Waals surface area contributed by atoms with Crippen molar-refractivity contribution < 1.29 is 19.1 Å². The minimum atomic E-state index is -0.411. The number of imide groups is 1. The molecule has 1 heterocycles. The number of amides is 2. The van der Waals surface area contributed by atoms with E-state index in [4.69, 9.17) is 21.1 Å². The lowest BCUT2D eigenvalue weighted by molar-refractivity contribution is -0.137. The number of hydrogen-bond acceptors (Lipinski definition) is 5. The zero-order valence-electron chi connectivity index (χ0n) is 17.6. The van der Waals surface area contributed by atoms with Crippen molar-refractivity contribution in [3.63, 3.8) is 0 Å². The lowest BCUT2D eigenvalue weighted by Gasteiger charge is -2.16. The number of rotatable bonds is 7. The van der Waals surface area contributed by atoms with Gasteiger partial charge in [0.1, 0.15) is 17.2 Å². The first-order valence-electron chi connectivity index (χ1n) is 9.90. The van der Waals surface area contributed by atoms with Crippen LogP contribution in [0.1, 0.15) is 11.1 Å². The number of ether oxygens (including phenoxy) is 2. The van der Waals surface area contributed by atoms with Crippen LogP contribution in [0.2, 0.25) is 5.02 Å². The normalized spacial score (nSPS) is 13.5. The molecule has 0 bridgehead atoms. The molecule has 0 aromatic heterocycles. The second kappa shape index (κ2) is 9.16. The maximum Gasteiger partial charge on any atom is 0.278 e. The predicted octanol–water partition coefficient (Wildman–Crippen LogP) is 4.75. The Balaban J connectivity index is 1.74. The number of nitrogens with zero attached hydrogens (tertiary/aromatic N) is 1. The summed E-state index contributed by atoms with van der Waals surface area (Å²) in [6.07, 6.45) is 0. The van der Waals surface area contributed by atoms with Crippen molar-refractivity contribution in [1.82, 2.24) is 4.90 Å². The molecule has 2 amide bonds. The fourth-order valence-electron chi connectivity index (χ4n) is 3.50. The van der Waals surface area contributed by atoms with Crippen molar-refractivity contribution in [2.45, 2.75) is 6.54 Å². The molecule has 1 aliphatic rings. The van der Waals surface area contributed by atoms with Gasteiger partial charge in [0, 0.05) is 28.9 Å². The molecule has 0 spiro atoms. The molecule has 6 nitrogen and oxygen atoms in total. The molecule has 1 aliphatic heterocycles. The summed E-state index contributed by atoms with van der Waals surface area (Å²) >= 11 is 5.97. The molecule has 0 fully saturated rings. The molecule has 0 aliphatic carbocycles. The Morgan fingerprint density at radius 3 is 2.06 bits per heavy atom. The molecule has 32 heavy (non-hydrogen) atoms. The van der Waals surface area contributed by atoms with Crippen molar-refractivity contribution >= 4 is 34.7 Å². The number of methoxy groups -OCH3 is 2. The van der Waals surface area contributed by atoms with Crippen molar-refractivity contribution in [3.05, 3.63) is 94.6 Å². The number of halogens is 1. The maximum atomic E-state index is 13.4. The standard InChI is InChI=1S/C25H21ClN2O4/c1-31-20-12-19(13-21(14-20)32-2)27-23-22(17-6-4-3-5-7-17)24(29)28(25(23)30)15-16-8-10-18(26)11-9-16/h3-14,27H,15H2,1-2H3. The van der Waals surface area contributed by atoms with Crippen LogP contribution in [0.25, 0.3) is 5.57 Å². The highest BCUT2D eigenvalue weighted by atomic mass is 35.5. The quantitative estimate of drug-likeness (QED) is 0.528. The van der Waals surface area contributed by atoms with Gasteiger partial charge >= 0.3 is 0 Å². The lowest BCUT2D eigenvalue weighted by Crippen LogP contribution is -2.32. The first-order valence-corrected chi connectivity index (χ1v) is 10.3. The Morgan fingerprint density at radius 2 is 1.47 bits per heavy atom. The average Bonchev–Trinajstić information content (AvgIpc) is 3.04. The molecule has 0 atom stereocenters. The van der Waals surface area contributed by atoms with E-state index in [-0.39, 0.29) is 18.1 Å². The maximum absolute atomic E-state index is 13.4. The summed E-state index contributed by atoms with van der Waals surface area (Å²) in [5.74, 6) is 0.339. The van der Waals surface area contributed by atoms with Crippen LogP contribution in [-0.2, 0) is 16.1 Å². The van der Waals surface area contributed by atoms with Gasteiger partial charge in [-0.25, -0.2) is 0 Å². The Kier molecular flexibility index (Phi) is 6.14. The highest BCUT2D eigenvalue weighted by Gasteiger charge is 2.39. The van der Waals surface area contributed by atoms with Crippen LogP contribution in [-0.4, -0.2) is 30.9 Å². The topological polar surface area (TPSA) is 67.9 Å². The van der Waals surface area contributed by atoms with E-state index in [0.717, 1.165) is 5.56 Å². The first kappa shape index (κ1) is 21.5. The third-order valence-corrected chi connectivity index (χ3v) is 5.36. The Morgan fingerprint density at radius 1 is 0.844 bits per heavy atom. The number of benzene rings is 3. The highest BCUT2D eigenvalue weighted by Crippen LogP contribution is 2.33. The van der Waals surface area contributed by atoms with E-state index >= 15 is 0 Å². The molecule has 3 aromatic carbocycles. The molecule has 0 unspecified atom stereocenters. The van der Waals surface area contributed by atoms with Crippen LogP contribution < -0.4 is 14.8 Å². The summed E-state index contributed by atoms with van der Waals surface area (Å²) in [7, 11) is 3.09. The molecule has 0 radical (unpaired) electrons. The summed E-state index contributed by atoms with van der Waals surface area (Å²) < 4.78 is 10.6. The number of anilines is 1. The van der Waals surface area contributed by atoms with Gasteiger partial charge in [-0.3, -0.25) is 14.5 Å². The third kappa shape index (κ3) is 4.31. The Labute approximate surface area is 191 Å². The summed E-state index contributed by atoms with van der Waals surface area (Å²) in [4.78, 5) is 28.0. The third-order valence-electron chi connectivity index (χ3n) is 5.11. The van der Waals surface area contributed by atoms with E-state index in [1.807, 2.05) is 18.2 Å². The van der Waals surface area contributed by atoms with Gasteiger partial charge in [0.15, 0.2) is 0 Å². The first-order chi connectivity index (χ1) is 15.5. The van der Waals surface area contributed by atoms with Gasteiger partial charge in [0.05, 0.1) is 26.3 Å². The van der Waals surface area contributed by atoms with E-state index < -0.39 is 5.91 Å². The second-order valence-electron chi connectivity index (χ2n) is 7.17. The van der Waals surface area contributed by atoms with Crippen molar-refractivity contribution in [2.24, 2.45) is 0 Å². The van der Waals surface area contributed by atoms with Crippen molar-refractivity contribution in [3.8, 4) is 11.5 Å². The molecule has 1 N–H and O–H groups in total. The largest absolute Gasteiger partial charge is 0.497 e.